The number of benzene rings is 1. The van der Waals surface area contributed by atoms with E-state index in [0.717, 1.165) is 25.1 Å². The Morgan fingerprint density at radius 1 is 1.57 bits per heavy atom. The first-order valence-corrected chi connectivity index (χ1v) is 7.87. The van der Waals surface area contributed by atoms with Crippen LogP contribution in [0.3, 0.4) is 0 Å². The van der Waals surface area contributed by atoms with Crippen LogP contribution in [-0.2, 0) is 9.53 Å². The van der Waals surface area contributed by atoms with Gasteiger partial charge in [-0.1, -0.05) is 17.7 Å². The van der Waals surface area contributed by atoms with Gasteiger partial charge in [0, 0.05) is 23.8 Å². The number of carbonyl (C=O) groups is 1. The number of piperidine rings is 1. The quantitative estimate of drug-likeness (QED) is 0.681. The summed E-state index contributed by atoms with van der Waals surface area (Å²) in [6.07, 6.45) is 1.79. The zero-order valence-electron chi connectivity index (χ0n) is 12.0. The van der Waals surface area contributed by atoms with Crippen molar-refractivity contribution in [3.63, 3.8) is 0 Å². The molecule has 4 nitrogen and oxygen atoms in total. The second-order valence-corrected chi connectivity index (χ2v) is 5.80. The van der Waals surface area contributed by atoms with E-state index in [1.807, 2.05) is 36.1 Å². The number of likely N-dealkylation sites (tertiary alicyclic amines) is 1. The number of rotatable bonds is 3. The van der Waals surface area contributed by atoms with Crippen LogP contribution in [-0.4, -0.2) is 35.7 Å². The number of nitrogens with zero attached hydrogens (tertiary/aromatic N) is 1. The zero-order chi connectivity index (χ0) is 15.2. The molecule has 1 atom stereocenters. The predicted molar refractivity (Wildman–Crippen MR) is 88.6 cm³/mol. The third-order valence-corrected chi connectivity index (χ3v) is 4.00. The van der Waals surface area contributed by atoms with Crippen LogP contribution >= 0.6 is 23.8 Å². The Morgan fingerprint density at radius 2 is 2.38 bits per heavy atom. The van der Waals surface area contributed by atoms with Crippen LogP contribution in [0.1, 0.15) is 19.8 Å². The van der Waals surface area contributed by atoms with Crippen LogP contribution in [0.15, 0.2) is 24.3 Å². The van der Waals surface area contributed by atoms with E-state index in [1.54, 1.807) is 0 Å². The van der Waals surface area contributed by atoms with E-state index in [1.165, 1.54) is 0 Å². The average Bonchev–Trinajstić information content (AvgIpc) is 2.47. The van der Waals surface area contributed by atoms with E-state index in [2.05, 4.69) is 5.32 Å². The molecule has 0 spiro atoms. The fourth-order valence-electron chi connectivity index (χ4n) is 2.38. The molecule has 0 aromatic heterocycles. The van der Waals surface area contributed by atoms with Crippen molar-refractivity contribution in [3.05, 3.63) is 29.3 Å². The molecule has 0 radical (unpaired) electrons. The summed E-state index contributed by atoms with van der Waals surface area (Å²) in [5.41, 5.74) is 0.853. The van der Waals surface area contributed by atoms with Gasteiger partial charge in [0.15, 0.2) is 5.11 Å². The van der Waals surface area contributed by atoms with Gasteiger partial charge in [0.05, 0.1) is 12.5 Å². The van der Waals surface area contributed by atoms with Crippen LogP contribution in [0.5, 0.6) is 0 Å². The molecule has 21 heavy (non-hydrogen) atoms. The van der Waals surface area contributed by atoms with Gasteiger partial charge in [-0.3, -0.25) is 4.79 Å². The standard InChI is InChI=1S/C15H19ClN2O2S/c1-2-20-14(19)11-5-4-8-18(10-11)15(21)17-13-7-3-6-12(16)9-13/h3,6-7,9,11H,2,4-5,8,10H2,1H3,(H,17,21)/t11-/m0/s1. The first kappa shape index (κ1) is 16.0. The number of hydrogen-bond donors (Lipinski definition) is 1. The monoisotopic (exact) mass is 326 g/mol. The maximum absolute atomic E-state index is 11.8. The van der Waals surface area contributed by atoms with Crippen molar-refractivity contribution in [3.8, 4) is 0 Å². The van der Waals surface area contributed by atoms with Crippen LogP contribution in [0.25, 0.3) is 0 Å². The molecule has 1 fully saturated rings. The van der Waals surface area contributed by atoms with Crippen molar-refractivity contribution in [1.29, 1.82) is 0 Å². The smallest absolute Gasteiger partial charge is 0.310 e. The third-order valence-electron chi connectivity index (χ3n) is 3.40. The summed E-state index contributed by atoms with van der Waals surface area (Å²) in [5.74, 6) is -0.231. The Labute approximate surface area is 135 Å². The molecule has 1 heterocycles. The molecule has 1 saturated heterocycles. The van der Waals surface area contributed by atoms with E-state index in [-0.39, 0.29) is 11.9 Å². The van der Waals surface area contributed by atoms with E-state index in [0.29, 0.717) is 23.3 Å². The summed E-state index contributed by atoms with van der Waals surface area (Å²) in [5, 5.41) is 4.44. The minimum absolute atomic E-state index is 0.0992. The molecule has 1 aliphatic rings. The molecule has 6 heteroatoms. The van der Waals surface area contributed by atoms with Gasteiger partial charge in [0.25, 0.3) is 0 Å². The molecule has 0 aliphatic carbocycles. The van der Waals surface area contributed by atoms with Gasteiger partial charge < -0.3 is 15.0 Å². The fraction of sp³-hybridized carbons (Fsp3) is 0.467. The van der Waals surface area contributed by atoms with Crippen molar-refractivity contribution < 1.29 is 9.53 Å². The summed E-state index contributed by atoms with van der Waals surface area (Å²) >= 11 is 11.4. The maximum Gasteiger partial charge on any atom is 0.310 e. The number of thiocarbonyl (C=S) groups is 1. The van der Waals surface area contributed by atoms with Crippen molar-refractivity contribution in [2.45, 2.75) is 19.8 Å². The SMILES string of the molecule is CCOC(=O)[C@H]1CCCN(C(=S)Nc2cccc(Cl)c2)C1. The summed E-state index contributed by atoms with van der Waals surface area (Å²) in [4.78, 5) is 13.9. The highest BCUT2D eigenvalue weighted by Crippen LogP contribution is 2.20. The van der Waals surface area contributed by atoms with E-state index >= 15 is 0 Å². The number of nitrogens with one attached hydrogen (secondary N) is 1. The lowest BCUT2D eigenvalue weighted by Crippen LogP contribution is -2.44. The summed E-state index contributed by atoms with van der Waals surface area (Å²) in [6, 6.07) is 7.41. The molecule has 1 aromatic carbocycles. The number of hydrogen-bond acceptors (Lipinski definition) is 3. The number of halogens is 1. The second kappa shape index (κ2) is 7.61. The Bertz CT molecular complexity index is 524. The van der Waals surface area contributed by atoms with Crippen LogP contribution in [0, 0.1) is 5.92 Å². The predicted octanol–water partition coefficient (Wildman–Crippen LogP) is 3.31. The first-order chi connectivity index (χ1) is 10.1. The normalized spacial score (nSPS) is 18.2. The summed E-state index contributed by atoms with van der Waals surface area (Å²) < 4.78 is 5.10. The molecular formula is C15H19ClN2O2S. The Balaban J connectivity index is 1.94. The van der Waals surface area contributed by atoms with E-state index < -0.39 is 0 Å². The number of anilines is 1. The molecule has 114 valence electrons. The fourth-order valence-corrected chi connectivity index (χ4v) is 2.86. The van der Waals surface area contributed by atoms with Gasteiger partial charge in [-0.15, -0.1) is 0 Å². The van der Waals surface area contributed by atoms with E-state index in [4.69, 9.17) is 28.6 Å². The molecule has 2 rings (SSSR count). The van der Waals surface area contributed by atoms with Gasteiger partial charge in [-0.05, 0) is 50.2 Å². The molecule has 1 aromatic rings. The lowest BCUT2D eigenvalue weighted by atomic mass is 9.98. The molecule has 0 bridgehead atoms. The van der Waals surface area contributed by atoms with Gasteiger partial charge in [0.2, 0.25) is 0 Å². The third kappa shape index (κ3) is 4.58. The van der Waals surface area contributed by atoms with Gasteiger partial charge >= 0.3 is 5.97 Å². The Kier molecular flexibility index (Phi) is 5.82. The number of esters is 1. The van der Waals surface area contributed by atoms with Crippen molar-refractivity contribution in [1.82, 2.24) is 4.90 Å². The molecular weight excluding hydrogens is 308 g/mol. The lowest BCUT2D eigenvalue weighted by Gasteiger charge is -2.33. The molecule has 1 N–H and O–H groups in total. The minimum Gasteiger partial charge on any atom is -0.466 e. The van der Waals surface area contributed by atoms with Crippen molar-refractivity contribution in [2.24, 2.45) is 5.92 Å². The minimum atomic E-state index is -0.132. The maximum atomic E-state index is 11.8. The topological polar surface area (TPSA) is 41.6 Å². The molecule has 0 saturated carbocycles. The number of carbonyl (C=O) groups excluding carboxylic acids is 1. The highest BCUT2D eigenvalue weighted by molar-refractivity contribution is 7.80. The van der Waals surface area contributed by atoms with Gasteiger partial charge in [-0.2, -0.15) is 0 Å². The van der Waals surface area contributed by atoms with Gasteiger partial charge in [-0.25, -0.2) is 0 Å². The molecule has 0 unspecified atom stereocenters. The average molecular weight is 327 g/mol. The highest BCUT2D eigenvalue weighted by atomic mass is 35.5. The van der Waals surface area contributed by atoms with Crippen LogP contribution in [0.2, 0.25) is 5.02 Å². The first-order valence-electron chi connectivity index (χ1n) is 7.08. The zero-order valence-corrected chi connectivity index (χ0v) is 13.5. The Morgan fingerprint density at radius 3 is 3.10 bits per heavy atom. The largest absolute Gasteiger partial charge is 0.466 e. The highest BCUT2D eigenvalue weighted by Gasteiger charge is 2.28. The lowest BCUT2D eigenvalue weighted by molar-refractivity contribution is -0.149. The molecule has 0 amide bonds. The van der Waals surface area contributed by atoms with Crippen molar-refractivity contribution >= 4 is 40.6 Å². The summed E-state index contributed by atoms with van der Waals surface area (Å²) in [6.45, 7) is 3.69. The van der Waals surface area contributed by atoms with Crippen molar-refractivity contribution in [2.75, 3.05) is 25.0 Å². The van der Waals surface area contributed by atoms with Crippen LogP contribution < -0.4 is 5.32 Å². The van der Waals surface area contributed by atoms with E-state index in [9.17, 15) is 4.79 Å². The van der Waals surface area contributed by atoms with Gasteiger partial charge in [0.1, 0.15) is 0 Å². The van der Waals surface area contributed by atoms with Crippen LogP contribution in [0.4, 0.5) is 5.69 Å². The number of ether oxygens (including phenoxy) is 1. The summed E-state index contributed by atoms with van der Waals surface area (Å²) in [7, 11) is 0. The Hall–Kier alpha value is -1.33. The second-order valence-electron chi connectivity index (χ2n) is 4.98. The molecule has 1 aliphatic heterocycles.